The molecule has 27 heavy (non-hydrogen) atoms. The average molecular weight is 387 g/mol. The zero-order valence-corrected chi connectivity index (χ0v) is 14.8. The smallest absolute Gasteiger partial charge is 0.351 e. The highest BCUT2D eigenvalue weighted by Gasteiger charge is 2.49. The van der Waals surface area contributed by atoms with Crippen molar-refractivity contribution in [1.82, 2.24) is 10.6 Å². The normalized spacial score (nSPS) is 13.4. The predicted octanol–water partition coefficient (Wildman–Crippen LogP) is -0.652. The van der Waals surface area contributed by atoms with Crippen LogP contribution in [0.2, 0.25) is 0 Å². The van der Waals surface area contributed by atoms with Gasteiger partial charge in [0.15, 0.2) is 0 Å². The van der Waals surface area contributed by atoms with Gasteiger partial charge < -0.3 is 26.2 Å². The van der Waals surface area contributed by atoms with Gasteiger partial charge in [0, 0.05) is 6.04 Å². The number of carbonyl (C=O) groups excluding carboxylic acids is 3. The van der Waals surface area contributed by atoms with E-state index in [4.69, 9.17) is 5.73 Å². The van der Waals surface area contributed by atoms with Gasteiger partial charge in [-0.1, -0.05) is 30.3 Å². The quantitative estimate of drug-likeness (QED) is 0.395. The number of aliphatic hydroxyl groups excluding tert-OH is 1. The number of aliphatic hydroxyl groups is 1. The third-order valence-corrected chi connectivity index (χ3v) is 3.54. The second-order valence-electron chi connectivity index (χ2n) is 5.69. The van der Waals surface area contributed by atoms with Gasteiger partial charge >= 0.3 is 11.9 Å². The maximum absolute atomic E-state index is 14.1. The SMILES string of the molecule is CCOC(=O)CNC(=O)CNC(=O)C(F)(F)C(O)[C@@H](N)Cc1ccccc1. The van der Waals surface area contributed by atoms with Gasteiger partial charge in [-0.2, -0.15) is 8.78 Å². The number of benzene rings is 1. The molecule has 0 spiro atoms. The van der Waals surface area contributed by atoms with Crippen molar-refractivity contribution in [2.24, 2.45) is 5.73 Å². The van der Waals surface area contributed by atoms with Crippen molar-refractivity contribution in [3.05, 3.63) is 35.9 Å². The standard InChI is InChI=1S/C17H23F2N3O5/c1-2-27-14(24)10-21-13(23)9-22-16(26)17(18,19)15(25)12(20)8-11-6-4-3-5-7-11/h3-7,12,15,25H,2,8-10,20H2,1H3,(H,21,23)(H,22,26)/t12-,15?/m0/s1. The Morgan fingerprint density at radius 3 is 2.41 bits per heavy atom. The third kappa shape index (κ3) is 7.27. The molecular weight excluding hydrogens is 364 g/mol. The number of alkyl halides is 2. The van der Waals surface area contributed by atoms with Crippen LogP contribution in [-0.2, 0) is 25.5 Å². The molecular formula is C17H23F2N3O5. The Hall–Kier alpha value is -2.59. The van der Waals surface area contributed by atoms with Gasteiger partial charge in [-0.25, -0.2) is 0 Å². The van der Waals surface area contributed by atoms with Crippen LogP contribution in [0.4, 0.5) is 8.78 Å². The Balaban J connectivity index is 2.51. The van der Waals surface area contributed by atoms with Gasteiger partial charge in [0.1, 0.15) is 12.6 Å². The summed E-state index contributed by atoms with van der Waals surface area (Å²) in [6, 6.07) is 7.02. The lowest BCUT2D eigenvalue weighted by molar-refractivity contribution is -0.166. The first-order valence-corrected chi connectivity index (χ1v) is 8.24. The van der Waals surface area contributed by atoms with E-state index in [0.717, 1.165) is 0 Å². The lowest BCUT2D eigenvalue weighted by Gasteiger charge is -2.26. The number of rotatable bonds is 10. The van der Waals surface area contributed by atoms with E-state index >= 15 is 0 Å². The average Bonchev–Trinajstić information content (AvgIpc) is 2.64. The summed E-state index contributed by atoms with van der Waals surface area (Å²) in [5.41, 5.74) is 6.22. The predicted molar refractivity (Wildman–Crippen MR) is 91.7 cm³/mol. The molecule has 150 valence electrons. The molecule has 0 radical (unpaired) electrons. The summed E-state index contributed by atoms with van der Waals surface area (Å²) in [6.45, 7) is 0.451. The number of hydrogen-bond donors (Lipinski definition) is 4. The van der Waals surface area contributed by atoms with Crippen molar-refractivity contribution in [3.8, 4) is 0 Å². The van der Waals surface area contributed by atoms with Crippen LogP contribution in [0.3, 0.4) is 0 Å². The summed E-state index contributed by atoms with van der Waals surface area (Å²) in [6.07, 6.45) is -2.51. The molecule has 1 unspecified atom stereocenters. The molecule has 0 aliphatic carbocycles. The second-order valence-corrected chi connectivity index (χ2v) is 5.69. The third-order valence-electron chi connectivity index (χ3n) is 3.54. The fourth-order valence-electron chi connectivity index (χ4n) is 2.12. The van der Waals surface area contributed by atoms with Crippen LogP contribution >= 0.6 is 0 Å². The highest BCUT2D eigenvalue weighted by atomic mass is 19.3. The summed E-state index contributed by atoms with van der Waals surface area (Å²) in [4.78, 5) is 34.2. The highest BCUT2D eigenvalue weighted by Crippen LogP contribution is 2.22. The van der Waals surface area contributed by atoms with E-state index in [1.807, 2.05) is 0 Å². The number of amides is 2. The largest absolute Gasteiger partial charge is 0.465 e. The van der Waals surface area contributed by atoms with Gasteiger partial charge in [0.25, 0.3) is 5.91 Å². The summed E-state index contributed by atoms with van der Waals surface area (Å²) in [5.74, 6) is -7.61. The molecule has 2 atom stereocenters. The minimum Gasteiger partial charge on any atom is -0.465 e. The molecule has 0 bridgehead atoms. The number of halogens is 2. The second kappa shape index (κ2) is 10.5. The van der Waals surface area contributed by atoms with Gasteiger partial charge in [-0.05, 0) is 18.9 Å². The van der Waals surface area contributed by atoms with E-state index in [9.17, 15) is 28.3 Å². The summed E-state index contributed by atoms with van der Waals surface area (Å²) in [7, 11) is 0. The Morgan fingerprint density at radius 2 is 1.81 bits per heavy atom. The number of nitrogens with two attached hydrogens (primary N) is 1. The zero-order chi connectivity index (χ0) is 20.4. The topological polar surface area (TPSA) is 131 Å². The zero-order valence-electron chi connectivity index (χ0n) is 14.8. The van der Waals surface area contributed by atoms with Gasteiger partial charge in [-0.15, -0.1) is 0 Å². The number of esters is 1. The van der Waals surface area contributed by atoms with Crippen molar-refractivity contribution in [2.75, 3.05) is 19.7 Å². The van der Waals surface area contributed by atoms with Gasteiger partial charge in [0.05, 0.1) is 13.2 Å². The Labute approximate surface area is 155 Å². The fourth-order valence-corrected chi connectivity index (χ4v) is 2.12. The van der Waals surface area contributed by atoms with Crippen molar-refractivity contribution in [1.29, 1.82) is 0 Å². The summed E-state index contributed by atoms with van der Waals surface area (Å²) >= 11 is 0. The maximum Gasteiger partial charge on any atom is 0.351 e. The van der Waals surface area contributed by atoms with Gasteiger partial charge in [-0.3, -0.25) is 14.4 Å². The number of hydrogen-bond acceptors (Lipinski definition) is 6. The van der Waals surface area contributed by atoms with Crippen LogP contribution < -0.4 is 16.4 Å². The van der Waals surface area contributed by atoms with Crippen molar-refractivity contribution >= 4 is 17.8 Å². The molecule has 0 aliphatic heterocycles. The van der Waals surface area contributed by atoms with Gasteiger partial charge in [0.2, 0.25) is 5.91 Å². The Kier molecular flexibility index (Phi) is 8.76. The lowest BCUT2D eigenvalue weighted by atomic mass is 9.97. The van der Waals surface area contributed by atoms with Crippen LogP contribution in [0, 0.1) is 0 Å². The molecule has 1 aromatic rings. The molecule has 10 heteroatoms. The molecule has 0 aliphatic rings. The monoisotopic (exact) mass is 387 g/mol. The molecule has 1 aromatic carbocycles. The molecule has 0 heterocycles. The molecule has 0 aromatic heterocycles. The van der Waals surface area contributed by atoms with E-state index in [2.05, 4.69) is 10.1 Å². The first kappa shape index (κ1) is 22.5. The van der Waals surface area contributed by atoms with E-state index in [1.54, 1.807) is 42.6 Å². The molecule has 8 nitrogen and oxygen atoms in total. The van der Waals surface area contributed by atoms with Crippen molar-refractivity contribution in [2.45, 2.75) is 31.4 Å². The van der Waals surface area contributed by atoms with Crippen LogP contribution in [0.25, 0.3) is 0 Å². The maximum atomic E-state index is 14.1. The number of nitrogens with one attached hydrogen (secondary N) is 2. The van der Waals surface area contributed by atoms with Crippen LogP contribution in [0.5, 0.6) is 0 Å². The Bertz CT molecular complexity index is 643. The molecule has 2 amide bonds. The molecule has 1 rings (SSSR count). The van der Waals surface area contributed by atoms with E-state index in [-0.39, 0.29) is 13.0 Å². The number of ether oxygens (including phenoxy) is 1. The Morgan fingerprint density at radius 1 is 1.19 bits per heavy atom. The first-order chi connectivity index (χ1) is 12.7. The van der Waals surface area contributed by atoms with Crippen LogP contribution in [0.15, 0.2) is 30.3 Å². The molecule has 0 fully saturated rings. The molecule has 0 saturated carbocycles. The summed E-state index contributed by atoms with van der Waals surface area (Å²) < 4.78 is 32.7. The summed E-state index contributed by atoms with van der Waals surface area (Å²) in [5, 5.41) is 13.6. The van der Waals surface area contributed by atoms with Crippen LogP contribution in [-0.4, -0.2) is 60.7 Å². The first-order valence-electron chi connectivity index (χ1n) is 8.24. The molecule has 0 saturated heterocycles. The lowest BCUT2D eigenvalue weighted by Crippen LogP contribution is -2.57. The highest BCUT2D eigenvalue weighted by molar-refractivity contribution is 5.90. The van der Waals surface area contributed by atoms with E-state index in [0.29, 0.717) is 5.56 Å². The molecule has 5 N–H and O–H groups in total. The minimum atomic E-state index is -4.20. The van der Waals surface area contributed by atoms with E-state index < -0.39 is 48.9 Å². The number of carbonyl (C=O) groups is 3. The fraction of sp³-hybridized carbons (Fsp3) is 0.471. The van der Waals surface area contributed by atoms with E-state index in [1.165, 1.54) is 0 Å². The van der Waals surface area contributed by atoms with Crippen LogP contribution in [0.1, 0.15) is 12.5 Å². The minimum absolute atomic E-state index is 0.0646. The van der Waals surface area contributed by atoms with Crippen molar-refractivity contribution in [3.63, 3.8) is 0 Å². The van der Waals surface area contributed by atoms with Crippen molar-refractivity contribution < 1.29 is 33.0 Å².